The van der Waals surface area contributed by atoms with Gasteiger partial charge in [-0.05, 0) is 37.3 Å². The molecule has 0 fully saturated rings. The minimum absolute atomic E-state index is 0.322. The Morgan fingerprint density at radius 1 is 1.29 bits per heavy atom. The Kier molecular flexibility index (Phi) is 5.16. The molecule has 1 amide bonds. The van der Waals surface area contributed by atoms with Crippen molar-refractivity contribution in [1.29, 1.82) is 0 Å². The van der Waals surface area contributed by atoms with Crippen LogP contribution in [-0.2, 0) is 4.79 Å². The van der Waals surface area contributed by atoms with Crippen molar-refractivity contribution in [2.24, 2.45) is 0 Å². The van der Waals surface area contributed by atoms with E-state index in [1.54, 1.807) is 37.3 Å². The maximum Gasteiger partial charge on any atom is 0.288 e. The molecule has 110 valence electrons. The number of rotatable bonds is 5. The van der Waals surface area contributed by atoms with Gasteiger partial charge in [-0.15, -0.1) is 0 Å². The molecule has 1 aromatic carbocycles. The van der Waals surface area contributed by atoms with Crippen molar-refractivity contribution in [2.45, 2.75) is 17.6 Å². The number of amides is 1. The van der Waals surface area contributed by atoms with Gasteiger partial charge in [0.1, 0.15) is 11.5 Å². The Morgan fingerprint density at radius 2 is 2.05 bits per heavy atom. The standard InChI is InChI=1S/C15H13F2NO2S/c1-10-6-7-11(20-10)8-9-14(19)18-12-4-2-3-5-13(12)21-15(16)17/h2-9,15H,1H3,(H,18,19)/b9-8+. The van der Waals surface area contributed by atoms with Crippen molar-refractivity contribution in [1.82, 2.24) is 0 Å². The van der Waals surface area contributed by atoms with Crippen LogP contribution < -0.4 is 5.32 Å². The Bertz CT molecular complexity index is 653. The summed E-state index contributed by atoms with van der Waals surface area (Å²) in [5.74, 6) is -1.65. The Hall–Kier alpha value is -2.08. The predicted octanol–water partition coefficient (Wildman–Crippen LogP) is 4.55. The first kappa shape index (κ1) is 15.3. The quantitative estimate of drug-likeness (QED) is 0.650. The molecule has 0 saturated heterocycles. The van der Waals surface area contributed by atoms with Crippen LogP contribution in [0.25, 0.3) is 6.08 Å². The summed E-state index contributed by atoms with van der Waals surface area (Å²) in [6.07, 6.45) is 2.81. The van der Waals surface area contributed by atoms with E-state index in [9.17, 15) is 13.6 Å². The van der Waals surface area contributed by atoms with Crippen molar-refractivity contribution in [3.05, 3.63) is 54.0 Å². The number of halogens is 2. The number of hydrogen-bond acceptors (Lipinski definition) is 3. The summed E-state index contributed by atoms with van der Waals surface area (Å²) in [6.45, 7) is 1.80. The van der Waals surface area contributed by atoms with Gasteiger partial charge in [0.15, 0.2) is 0 Å². The number of thioether (sulfide) groups is 1. The molecule has 0 bridgehead atoms. The largest absolute Gasteiger partial charge is 0.462 e. The van der Waals surface area contributed by atoms with Crippen molar-refractivity contribution in [2.75, 3.05) is 5.32 Å². The smallest absolute Gasteiger partial charge is 0.288 e. The number of carbonyl (C=O) groups excluding carboxylic acids is 1. The molecule has 0 saturated carbocycles. The highest BCUT2D eigenvalue weighted by Gasteiger charge is 2.10. The number of hydrogen-bond donors (Lipinski definition) is 1. The van der Waals surface area contributed by atoms with E-state index in [0.717, 1.165) is 5.76 Å². The van der Waals surface area contributed by atoms with Crippen LogP contribution in [0.4, 0.5) is 14.5 Å². The highest BCUT2D eigenvalue weighted by molar-refractivity contribution is 7.99. The lowest BCUT2D eigenvalue weighted by atomic mass is 10.3. The highest BCUT2D eigenvalue weighted by Crippen LogP contribution is 2.31. The lowest BCUT2D eigenvalue weighted by Crippen LogP contribution is -2.08. The Balaban J connectivity index is 2.04. The first-order valence-corrected chi connectivity index (χ1v) is 7.02. The zero-order chi connectivity index (χ0) is 15.2. The number of para-hydroxylation sites is 1. The number of nitrogens with one attached hydrogen (secondary N) is 1. The maximum absolute atomic E-state index is 12.4. The number of benzene rings is 1. The molecule has 1 N–H and O–H groups in total. The normalized spacial score (nSPS) is 11.2. The van der Waals surface area contributed by atoms with Crippen LogP contribution in [0.1, 0.15) is 11.5 Å². The average molecular weight is 309 g/mol. The van der Waals surface area contributed by atoms with Gasteiger partial charge in [0.25, 0.3) is 5.76 Å². The fourth-order valence-corrected chi connectivity index (χ4v) is 2.24. The Morgan fingerprint density at radius 3 is 2.71 bits per heavy atom. The summed E-state index contributed by atoms with van der Waals surface area (Å²) in [4.78, 5) is 12.1. The van der Waals surface area contributed by atoms with E-state index in [-0.39, 0.29) is 0 Å². The third-order valence-corrected chi connectivity index (χ3v) is 3.31. The first-order valence-electron chi connectivity index (χ1n) is 6.14. The van der Waals surface area contributed by atoms with Crippen LogP contribution >= 0.6 is 11.8 Å². The van der Waals surface area contributed by atoms with Gasteiger partial charge in [0.2, 0.25) is 5.91 Å². The highest BCUT2D eigenvalue weighted by atomic mass is 32.2. The second-order valence-electron chi connectivity index (χ2n) is 4.15. The lowest BCUT2D eigenvalue weighted by molar-refractivity contribution is -0.111. The van der Waals surface area contributed by atoms with Gasteiger partial charge in [-0.3, -0.25) is 4.79 Å². The fourth-order valence-electron chi connectivity index (χ4n) is 1.64. The summed E-state index contributed by atoms with van der Waals surface area (Å²) in [6, 6.07) is 9.94. The molecule has 1 aromatic heterocycles. The van der Waals surface area contributed by atoms with Crippen molar-refractivity contribution in [3.8, 4) is 0 Å². The van der Waals surface area contributed by atoms with Gasteiger partial charge < -0.3 is 9.73 Å². The molecule has 0 unspecified atom stereocenters. The van der Waals surface area contributed by atoms with Crippen LogP contribution in [0, 0.1) is 6.92 Å². The van der Waals surface area contributed by atoms with E-state index < -0.39 is 11.7 Å². The van der Waals surface area contributed by atoms with E-state index in [0.29, 0.717) is 28.1 Å². The number of alkyl halides is 2. The first-order chi connectivity index (χ1) is 10.0. The van der Waals surface area contributed by atoms with Gasteiger partial charge in [-0.2, -0.15) is 8.78 Å². The summed E-state index contributed by atoms with van der Waals surface area (Å²) in [7, 11) is 0. The van der Waals surface area contributed by atoms with E-state index in [4.69, 9.17) is 4.42 Å². The van der Waals surface area contributed by atoms with Crippen LogP contribution in [0.15, 0.2) is 51.8 Å². The molecule has 0 radical (unpaired) electrons. The zero-order valence-electron chi connectivity index (χ0n) is 11.2. The summed E-state index contributed by atoms with van der Waals surface area (Å²) < 4.78 is 30.2. The molecule has 3 nitrogen and oxygen atoms in total. The second kappa shape index (κ2) is 7.08. The van der Waals surface area contributed by atoms with Crippen LogP contribution in [-0.4, -0.2) is 11.7 Å². The summed E-state index contributed by atoms with van der Waals surface area (Å²) >= 11 is 0.394. The Labute approximate surface area is 125 Å². The van der Waals surface area contributed by atoms with Gasteiger partial charge in [0, 0.05) is 11.0 Å². The molecular weight excluding hydrogens is 296 g/mol. The number of aryl methyl sites for hydroxylation is 1. The molecule has 0 aliphatic carbocycles. The number of carbonyl (C=O) groups is 1. The topological polar surface area (TPSA) is 42.2 Å². The van der Waals surface area contributed by atoms with Gasteiger partial charge in [-0.25, -0.2) is 0 Å². The summed E-state index contributed by atoms with van der Waals surface area (Å²) in [5, 5.41) is 2.57. The van der Waals surface area contributed by atoms with E-state index >= 15 is 0 Å². The molecule has 0 aliphatic heterocycles. The van der Waals surface area contributed by atoms with E-state index in [1.807, 2.05) is 0 Å². The maximum atomic E-state index is 12.4. The minimum Gasteiger partial charge on any atom is -0.462 e. The summed E-state index contributed by atoms with van der Waals surface area (Å²) in [5.41, 5.74) is 0.355. The average Bonchev–Trinajstić information content (AvgIpc) is 2.84. The van der Waals surface area contributed by atoms with Crippen molar-refractivity contribution >= 4 is 29.4 Å². The lowest BCUT2D eigenvalue weighted by Gasteiger charge is -2.08. The minimum atomic E-state index is -2.54. The SMILES string of the molecule is Cc1ccc(/C=C/C(=O)Nc2ccccc2SC(F)F)o1. The third-order valence-electron chi connectivity index (χ3n) is 2.52. The van der Waals surface area contributed by atoms with Crippen LogP contribution in [0.3, 0.4) is 0 Å². The van der Waals surface area contributed by atoms with Gasteiger partial charge in [-0.1, -0.05) is 23.9 Å². The molecule has 0 aliphatic rings. The monoisotopic (exact) mass is 309 g/mol. The van der Waals surface area contributed by atoms with E-state index in [2.05, 4.69) is 5.32 Å². The third kappa shape index (κ3) is 4.75. The molecule has 0 atom stereocenters. The molecule has 2 aromatic rings. The predicted molar refractivity (Wildman–Crippen MR) is 79.4 cm³/mol. The van der Waals surface area contributed by atoms with Gasteiger partial charge >= 0.3 is 0 Å². The molecular formula is C15H13F2NO2S. The van der Waals surface area contributed by atoms with Crippen LogP contribution in [0.5, 0.6) is 0 Å². The van der Waals surface area contributed by atoms with Crippen LogP contribution in [0.2, 0.25) is 0 Å². The fraction of sp³-hybridized carbons (Fsp3) is 0.133. The number of anilines is 1. The van der Waals surface area contributed by atoms with Crippen molar-refractivity contribution < 1.29 is 18.0 Å². The molecule has 6 heteroatoms. The van der Waals surface area contributed by atoms with Gasteiger partial charge in [0.05, 0.1) is 5.69 Å². The molecule has 21 heavy (non-hydrogen) atoms. The van der Waals surface area contributed by atoms with Crippen molar-refractivity contribution in [3.63, 3.8) is 0 Å². The van der Waals surface area contributed by atoms with E-state index in [1.165, 1.54) is 18.2 Å². The molecule has 1 heterocycles. The second-order valence-corrected chi connectivity index (χ2v) is 5.18. The molecule has 0 spiro atoms. The zero-order valence-corrected chi connectivity index (χ0v) is 12.0. The number of furan rings is 1. The molecule has 2 rings (SSSR count).